The van der Waals surface area contributed by atoms with Crippen molar-refractivity contribution in [2.45, 2.75) is 27.7 Å². The maximum absolute atomic E-state index is 2.63. The molecule has 0 amide bonds. The SMILES string of the molecule is Cc1cccc(C)c1-c1ccc2ccc3c4c(cc5ccc1c2c53)B1c2cc3ccc5c(-c6c(C)cccc6C)ccc6ccc(c2N(c2ccccc2)c2cc(-c7ccc8ccccc8c7)cc(c21)N4c1ccccc1)c3c65. The summed E-state index contributed by atoms with van der Waals surface area (Å²) in [5.74, 6) is 0. The van der Waals surface area contributed by atoms with Gasteiger partial charge in [0.15, 0.2) is 0 Å². The zero-order valence-electron chi connectivity index (χ0n) is 44.5. The summed E-state index contributed by atoms with van der Waals surface area (Å²) in [6.45, 7) is 8.91. The van der Waals surface area contributed by atoms with Crippen LogP contribution in [-0.4, -0.2) is 6.71 Å². The standard InChI is InChI=1S/C76H51BN2/c1-44-15-13-16-45(2)68(44)58-33-27-49-29-37-62-72-53(31-35-60(58)70(49)72)40-64-75(62)78(56-21-7-5-8-22-56)66-42-55(52-26-25-48-19-11-12-20-51(48)39-52)43-67-74(66)77(64)65-41-54-32-36-61-59(69-46(3)17-14-18-47(69)4)34-28-50-30-38-63(73(54)71(50)61)76(65)79(67)57-23-9-6-10-24-57/h5-43H,1-4H3. The van der Waals surface area contributed by atoms with Gasteiger partial charge in [0.2, 0.25) is 0 Å². The van der Waals surface area contributed by atoms with Gasteiger partial charge in [0, 0.05) is 44.9 Å². The van der Waals surface area contributed by atoms with Crippen LogP contribution >= 0.6 is 0 Å². The van der Waals surface area contributed by atoms with E-state index >= 15 is 0 Å². The van der Waals surface area contributed by atoms with Gasteiger partial charge in [0.25, 0.3) is 6.71 Å². The highest BCUT2D eigenvalue weighted by molar-refractivity contribution is 7.01. The Morgan fingerprint density at radius 2 is 0.696 bits per heavy atom. The number of hydrogen-bond acceptors (Lipinski definition) is 2. The predicted molar refractivity (Wildman–Crippen MR) is 341 cm³/mol. The number of fused-ring (bicyclic) bond motifs is 7. The number of nitrogens with zero attached hydrogens (tertiary/aromatic N) is 2. The topological polar surface area (TPSA) is 6.48 Å². The minimum absolute atomic E-state index is 0.111. The van der Waals surface area contributed by atoms with Crippen LogP contribution in [0, 0.1) is 27.7 Å². The summed E-state index contributed by atoms with van der Waals surface area (Å²) in [5, 5.41) is 17.9. The lowest BCUT2D eigenvalue weighted by Crippen LogP contribution is -2.61. The Bertz CT molecular complexity index is 4760. The molecule has 3 heteroatoms. The molecular formula is C76H51BN2. The fourth-order valence-corrected chi connectivity index (χ4v) is 14.9. The van der Waals surface area contributed by atoms with Crippen LogP contribution in [0.1, 0.15) is 22.3 Å². The Morgan fingerprint density at radius 3 is 1.19 bits per heavy atom. The smallest absolute Gasteiger partial charge is 0.252 e. The maximum Gasteiger partial charge on any atom is 0.252 e. The number of benzene rings is 15. The summed E-state index contributed by atoms with van der Waals surface area (Å²) in [6.07, 6.45) is 0. The highest BCUT2D eigenvalue weighted by Crippen LogP contribution is 2.53. The molecular weight excluding hydrogens is 952 g/mol. The monoisotopic (exact) mass is 1000 g/mol. The van der Waals surface area contributed by atoms with Gasteiger partial charge in [-0.05, 0) is 207 Å². The van der Waals surface area contributed by atoms with Crippen LogP contribution in [0.3, 0.4) is 0 Å². The van der Waals surface area contributed by atoms with E-state index in [0.717, 1.165) is 11.4 Å². The van der Waals surface area contributed by atoms with Crippen LogP contribution in [0.4, 0.5) is 34.1 Å². The van der Waals surface area contributed by atoms with E-state index in [1.807, 2.05) is 0 Å². The summed E-state index contributed by atoms with van der Waals surface area (Å²) in [6, 6.07) is 90.4. The van der Waals surface area contributed by atoms with Crippen LogP contribution in [0.5, 0.6) is 0 Å². The summed E-state index contributed by atoms with van der Waals surface area (Å²) in [5.41, 5.74) is 23.9. The second kappa shape index (κ2) is 16.4. The molecule has 0 saturated carbocycles. The largest absolute Gasteiger partial charge is 0.311 e. The highest BCUT2D eigenvalue weighted by Gasteiger charge is 2.45. The minimum Gasteiger partial charge on any atom is -0.311 e. The van der Waals surface area contributed by atoms with Crippen molar-refractivity contribution >= 4 is 133 Å². The molecule has 0 N–H and O–H groups in total. The van der Waals surface area contributed by atoms with Gasteiger partial charge in [-0.3, -0.25) is 0 Å². The first-order valence-electron chi connectivity index (χ1n) is 27.9. The van der Waals surface area contributed by atoms with Gasteiger partial charge in [-0.15, -0.1) is 0 Å². The van der Waals surface area contributed by atoms with E-state index in [-0.39, 0.29) is 6.71 Å². The molecule has 2 heterocycles. The lowest BCUT2D eigenvalue weighted by molar-refractivity contribution is 1.27. The summed E-state index contributed by atoms with van der Waals surface area (Å²) in [7, 11) is 0. The van der Waals surface area contributed by atoms with E-state index in [1.165, 1.54) is 170 Å². The van der Waals surface area contributed by atoms with Crippen molar-refractivity contribution in [3.8, 4) is 33.4 Å². The third kappa shape index (κ3) is 6.19. The van der Waals surface area contributed by atoms with Crippen molar-refractivity contribution in [3.05, 3.63) is 259 Å². The average molecular weight is 1000 g/mol. The molecule has 0 atom stereocenters. The molecule has 17 rings (SSSR count). The molecule has 0 saturated heterocycles. The lowest BCUT2D eigenvalue weighted by atomic mass is 9.33. The molecule has 15 aromatic rings. The molecule has 15 aromatic carbocycles. The number of anilines is 6. The molecule has 0 bridgehead atoms. The number of rotatable bonds is 5. The van der Waals surface area contributed by atoms with Gasteiger partial charge in [-0.2, -0.15) is 0 Å². The Labute approximate surface area is 459 Å². The maximum atomic E-state index is 2.63. The van der Waals surface area contributed by atoms with Crippen LogP contribution < -0.4 is 26.2 Å². The van der Waals surface area contributed by atoms with Crippen LogP contribution in [0.15, 0.2) is 237 Å². The van der Waals surface area contributed by atoms with Gasteiger partial charge in [-0.25, -0.2) is 0 Å². The summed E-state index contributed by atoms with van der Waals surface area (Å²) < 4.78 is 0. The van der Waals surface area contributed by atoms with Crippen LogP contribution in [-0.2, 0) is 0 Å². The average Bonchev–Trinajstić information content (AvgIpc) is 3.45. The van der Waals surface area contributed by atoms with Gasteiger partial charge in [0.05, 0.1) is 0 Å². The van der Waals surface area contributed by atoms with E-state index in [2.05, 4.69) is 274 Å². The van der Waals surface area contributed by atoms with E-state index in [0.29, 0.717) is 0 Å². The molecule has 0 unspecified atom stereocenters. The molecule has 2 nitrogen and oxygen atoms in total. The molecule has 0 radical (unpaired) electrons. The third-order valence-corrected chi connectivity index (χ3v) is 18.2. The first-order valence-corrected chi connectivity index (χ1v) is 27.9. The zero-order chi connectivity index (χ0) is 52.4. The van der Waals surface area contributed by atoms with Crippen molar-refractivity contribution in [2.24, 2.45) is 0 Å². The molecule has 0 spiro atoms. The van der Waals surface area contributed by atoms with Crippen molar-refractivity contribution in [1.82, 2.24) is 0 Å². The fourth-order valence-electron chi connectivity index (χ4n) is 14.9. The summed E-state index contributed by atoms with van der Waals surface area (Å²) >= 11 is 0. The molecule has 0 aromatic heterocycles. The molecule has 2 aliphatic rings. The van der Waals surface area contributed by atoms with E-state index < -0.39 is 0 Å². The van der Waals surface area contributed by atoms with Crippen LogP contribution in [0.25, 0.3) is 109 Å². The third-order valence-electron chi connectivity index (χ3n) is 18.2. The van der Waals surface area contributed by atoms with E-state index in [1.54, 1.807) is 0 Å². The molecule has 79 heavy (non-hydrogen) atoms. The van der Waals surface area contributed by atoms with Crippen molar-refractivity contribution < 1.29 is 0 Å². The molecule has 0 aliphatic carbocycles. The molecule has 2 aliphatic heterocycles. The summed E-state index contributed by atoms with van der Waals surface area (Å²) in [4.78, 5) is 5.25. The van der Waals surface area contributed by atoms with Crippen LogP contribution in [0.2, 0.25) is 0 Å². The molecule has 0 fully saturated rings. The van der Waals surface area contributed by atoms with E-state index in [4.69, 9.17) is 0 Å². The Hall–Kier alpha value is -9.70. The zero-order valence-corrected chi connectivity index (χ0v) is 44.5. The fraction of sp³-hybridized carbons (Fsp3) is 0.0526. The van der Waals surface area contributed by atoms with Gasteiger partial charge in [-0.1, -0.05) is 194 Å². The first kappa shape index (κ1) is 44.4. The quantitative estimate of drug-likeness (QED) is 0.125. The normalized spacial score (nSPS) is 13.0. The van der Waals surface area contributed by atoms with Gasteiger partial charge in [0.1, 0.15) is 0 Å². The van der Waals surface area contributed by atoms with Crippen molar-refractivity contribution in [2.75, 3.05) is 9.80 Å². The highest BCUT2D eigenvalue weighted by atomic mass is 15.2. The first-order chi connectivity index (χ1) is 38.9. The van der Waals surface area contributed by atoms with Gasteiger partial charge < -0.3 is 9.80 Å². The molecule has 368 valence electrons. The lowest BCUT2D eigenvalue weighted by Gasteiger charge is -2.45. The van der Waals surface area contributed by atoms with E-state index in [9.17, 15) is 0 Å². The van der Waals surface area contributed by atoms with Crippen molar-refractivity contribution in [1.29, 1.82) is 0 Å². The van der Waals surface area contributed by atoms with Crippen molar-refractivity contribution in [3.63, 3.8) is 0 Å². The second-order valence-electron chi connectivity index (χ2n) is 22.5. The Kier molecular flexibility index (Phi) is 9.23. The Morgan fingerprint density at radius 1 is 0.291 bits per heavy atom. The second-order valence-corrected chi connectivity index (χ2v) is 22.5. The number of aryl methyl sites for hydroxylation is 4. The predicted octanol–water partition coefficient (Wildman–Crippen LogP) is 19.0. The Balaban J connectivity index is 1.04. The number of hydrogen-bond donors (Lipinski definition) is 0. The number of para-hydroxylation sites is 2. The van der Waals surface area contributed by atoms with Gasteiger partial charge >= 0.3 is 0 Å². The minimum atomic E-state index is -0.111.